The molecule has 72 heavy (non-hydrogen) atoms. The molecule has 7 aromatic rings. The highest BCUT2D eigenvalue weighted by atomic mass is 19.3. The lowest BCUT2D eigenvalue weighted by atomic mass is 9.94. The molecule has 2 saturated heterocycles. The van der Waals surface area contributed by atoms with E-state index in [0.29, 0.717) is 54.4 Å². The number of nitrogens with one attached hydrogen (secondary N) is 2. The van der Waals surface area contributed by atoms with Crippen molar-refractivity contribution in [2.24, 2.45) is 0 Å². The van der Waals surface area contributed by atoms with Crippen LogP contribution in [0.3, 0.4) is 0 Å². The average Bonchev–Trinajstić information content (AvgIpc) is 4.35. The van der Waals surface area contributed by atoms with Gasteiger partial charge in [-0.25, -0.2) is 9.97 Å². The molecule has 13 nitrogen and oxygen atoms in total. The molecule has 2 N–H and O–H groups in total. The zero-order chi connectivity index (χ0) is 49.6. The van der Waals surface area contributed by atoms with E-state index in [0.717, 1.165) is 83.3 Å². The van der Waals surface area contributed by atoms with E-state index < -0.39 is 17.1 Å². The summed E-state index contributed by atoms with van der Waals surface area (Å²) in [5.74, 6) is 2.43. The Morgan fingerprint density at radius 1 is 0.611 bits per heavy atom. The van der Waals surface area contributed by atoms with Crippen LogP contribution in [-0.4, -0.2) is 97.2 Å². The molecule has 3 aliphatic heterocycles. The number of methoxy groups -OCH3 is 1. The van der Waals surface area contributed by atoms with Crippen molar-refractivity contribution in [3.63, 3.8) is 0 Å². The Balaban J connectivity index is 0.000000165. The van der Waals surface area contributed by atoms with E-state index in [9.17, 15) is 23.2 Å². The minimum absolute atomic E-state index is 0.00968. The van der Waals surface area contributed by atoms with Crippen molar-refractivity contribution in [1.29, 1.82) is 0 Å². The molecule has 15 heteroatoms. The number of piperidine rings is 1. The van der Waals surface area contributed by atoms with E-state index >= 15 is 0 Å². The van der Waals surface area contributed by atoms with Gasteiger partial charge in [-0.2, -0.15) is 0 Å². The van der Waals surface area contributed by atoms with Gasteiger partial charge in [0.25, 0.3) is 5.91 Å². The van der Waals surface area contributed by atoms with E-state index in [4.69, 9.17) is 14.7 Å². The van der Waals surface area contributed by atoms with Gasteiger partial charge >= 0.3 is 6.29 Å². The molecule has 5 aliphatic rings. The summed E-state index contributed by atoms with van der Waals surface area (Å²) in [6.45, 7) is 5.14. The first-order valence-corrected chi connectivity index (χ1v) is 24.7. The second-order valence-electron chi connectivity index (χ2n) is 19.5. The lowest BCUT2D eigenvalue weighted by molar-refractivity contribution is -0.286. The van der Waals surface area contributed by atoms with Gasteiger partial charge in [-0.05, 0) is 122 Å². The number of amides is 3. The first-order chi connectivity index (χ1) is 34.9. The fourth-order valence-electron chi connectivity index (χ4n) is 10.2. The van der Waals surface area contributed by atoms with Gasteiger partial charge in [0.05, 0.1) is 23.6 Å². The van der Waals surface area contributed by atoms with Crippen molar-refractivity contribution in [3.05, 3.63) is 144 Å². The number of aromatic nitrogens is 2. The Morgan fingerprint density at radius 3 is 1.82 bits per heavy atom. The smallest absolute Gasteiger partial charge is 0.497 e. The predicted molar refractivity (Wildman–Crippen MR) is 273 cm³/mol. The Kier molecular flexibility index (Phi) is 12.2. The van der Waals surface area contributed by atoms with Crippen LogP contribution >= 0.6 is 0 Å². The Hall–Kier alpha value is -7.65. The van der Waals surface area contributed by atoms with Crippen molar-refractivity contribution in [2.75, 3.05) is 69.0 Å². The van der Waals surface area contributed by atoms with Gasteiger partial charge in [0.1, 0.15) is 23.2 Å². The molecule has 5 aromatic carbocycles. The molecule has 0 spiro atoms. The Bertz CT molecular complexity index is 3200. The summed E-state index contributed by atoms with van der Waals surface area (Å²) in [6.07, 6.45) is 2.78. The minimum Gasteiger partial charge on any atom is -0.497 e. The zero-order valence-corrected chi connectivity index (χ0v) is 40.3. The van der Waals surface area contributed by atoms with Crippen molar-refractivity contribution >= 4 is 56.7 Å². The maximum absolute atomic E-state index is 13.6. The first kappa shape index (κ1) is 46.7. The third kappa shape index (κ3) is 9.24. The number of carbonyl (C=O) groups excluding carboxylic acids is 3. The van der Waals surface area contributed by atoms with Crippen molar-refractivity contribution in [3.8, 4) is 28.5 Å². The number of likely N-dealkylation sites (N-methyl/N-ethyl adjacent to an activating group) is 1. The standard InChI is InChI=1S/C32H28F2N4O4.C25H27N3O2/c1-37-14-16-38(17-15-37)29(39)21-8-6-20(7-9-21)28-24-5-3-2-4-22(24)18-27(35-28)36-30(40)31(12-13-31)23-10-11-25-26(19-23)42-32(33,34)41-25;1-30-20-11-9-19(10-12-20)25(13-14-25)24(29)27-22-17-18-7-3-4-8-21(18)23(26-22)28-15-5-2-6-16-28/h2-11,18-19H,12-17H2,1H3,(H,35,36,40);3-4,7-12,17H,2,5-6,13-16H2,1H3,(H,26,27,29). The Morgan fingerprint density at radius 2 is 1.18 bits per heavy atom. The number of benzene rings is 5. The maximum Gasteiger partial charge on any atom is 0.586 e. The second-order valence-corrected chi connectivity index (χ2v) is 19.5. The van der Waals surface area contributed by atoms with Gasteiger partial charge < -0.3 is 39.5 Å². The summed E-state index contributed by atoms with van der Waals surface area (Å²) in [6, 6.07) is 39.6. The van der Waals surface area contributed by atoms with Gasteiger partial charge in [-0.3, -0.25) is 14.4 Å². The number of rotatable bonds is 10. The molecule has 0 unspecified atom stereocenters. The summed E-state index contributed by atoms with van der Waals surface area (Å²) < 4.78 is 41.4. The van der Waals surface area contributed by atoms with Gasteiger partial charge in [0.2, 0.25) is 11.8 Å². The molecule has 0 bridgehead atoms. The minimum atomic E-state index is -3.72. The van der Waals surface area contributed by atoms with Crippen LogP contribution in [0.4, 0.5) is 26.2 Å². The van der Waals surface area contributed by atoms with Crippen LogP contribution in [0.1, 0.15) is 66.4 Å². The molecular weight excluding hydrogens is 917 g/mol. The Labute approximate surface area is 416 Å². The molecule has 2 saturated carbocycles. The normalized spacial score (nSPS) is 18.2. The van der Waals surface area contributed by atoms with Gasteiger partial charge in [-0.15, -0.1) is 8.78 Å². The van der Waals surface area contributed by atoms with Crippen molar-refractivity contribution < 1.29 is 37.4 Å². The number of anilines is 3. The molecule has 5 heterocycles. The third-order valence-electron chi connectivity index (χ3n) is 14.8. The topological polar surface area (TPSA) is 138 Å². The molecule has 0 atom stereocenters. The van der Waals surface area contributed by atoms with E-state index in [2.05, 4.69) is 55.2 Å². The number of ether oxygens (including phenoxy) is 3. The summed E-state index contributed by atoms with van der Waals surface area (Å²) in [7, 11) is 3.70. The quantitative estimate of drug-likeness (QED) is 0.136. The highest BCUT2D eigenvalue weighted by Gasteiger charge is 2.53. The highest BCUT2D eigenvalue weighted by Crippen LogP contribution is 2.53. The molecule has 4 fully saturated rings. The SMILES string of the molecule is CN1CCN(C(=O)c2ccc(-c3nc(NC(=O)C4(c5ccc6c(c5)OC(F)(F)O6)CC4)cc4ccccc34)cc2)CC1.COc1ccc(C2(C(=O)Nc3cc4ccccc4c(N4CCCCC4)n3)CC2)cc1. The van der Waals surface area contributed by atoms with Gasteiger partial charge in [0, 0.05) is 61.2 Å². The van der Waals surface area contributed by atoms with E-state index in [1.807, 2.05) is 95.9 Å². The first-order valence-electron chi connectivity index (χ1n) is 24.7. The zero-order valence-electron chi connectivity index (χ0n) is 40.3. The maximum atomic E-state index is 13.6. The molecule has 12 rings (SSSR count). The fourth-order valence-corrected chi connectivity index (χ4v) is 10.2. The van der Waals surface area contributed by atoms with Crippen molar-refractivity contribution in [1.82, 2.24) is 19.8 Å². The van der Waals surface area contributed by atoms with Crippen LogP contribution in [0.15, 0.2) is 127 Å². The lowest BCUT2D eigenvalue weighted by Gasteiger charge is -2.32. The number of alkyl halides is 2. The number of halogens is 2. The predicted octanol–water partition coefficient (Wildman–Crippen LogP) is 10.2. The monoisotopic (exact) mass is 971 g/mol. The summed E-state index contributed by atoms with van der Waals surface area (Å²) in [5, 5.41) is 10.2. The fraction of sp³-hybridized carbons (Fsp3) is 0.316. The average molecular weight is 972 g/mol. The summed E-state index contributed by atoms with van der Waals surface area (Å²) in [4.78, 5) is 56.1. The number of pyridine rings is 2. The molecule has 0 radical (unpaired) electrons. The number of piperazine rings is 1. The van der Waals surface area contributed by atoms with Crippen LogP contribution in [-0.2, 0) is 20.4 Å². The van der Waals surface area contributed by atoms with Crippen LogP contribution < -0.4 is 29.7 Å². The molecule has 2 aliphatic carbocycles. The third-order valence-corrected chi connectivity index (χ3v) is 14.8. The van der Waals surface area contributed by atoms with Crippen molar-refractivity contribution in [2.45, 2.75) is 62.1 Å². The molecule has 368 valence electrons. The van der Waals surface area contributed by atoms with Crippen LogP contribution in [0.25, 0.3) is 32.8 Å². The highest BCUT2D eigenvalue weighted by molar-refractivity contribution is 6.05. The lowest BCUT2D eigenvalue weighted by Crippen LogP contribution is -2.47. The van der Waals surface area contributed by atoms with Crippen LogP contribution in [0.2, 0.25) is 0 Å². The number of hydrogen-bond donors (Lipinski definition) is 2. The van der Waals surface area contributed by atoms with Crippen LogP contribution in [0.5, 0.6) is 17.2 Å². The van der Waals surface area contributed by atoms with Gasteiger partial charge in [0.15, 0.2) is 11.5 Å². The number of hydrogen-bond acceptors (Lipinski definition) is 10. The summed E-state index contributed by atoms with van der Waals surface area (Å²) >= 11 is 0. The largest absolute Gasteiger partial charge is 0.586 e. The number of nitrogens with zero attached hydrogens (tertiary/aromatic N) is 5. The molecule has 2 aromatic heterocycles. The van der Waals surface area contributed by atoms with E-state index in [1.165, 1.54) is 31.4 Å². The number of carbonyl (C=O) groups is 3. The molecular formula is C57H55F2N7O6. The second kappa shape index (κ2) is 18.8. The molecule has 3 amide bonds. The van der Waals surface area contributed by atoms with E-state index in [1.54, 1.807) is 13.2 Å². The van der Waals surface area contributed by atoms with Gasteiger partial charge in [-0.1, -0.05) is 78.9 Å². The summed E-state index contributed by atoms with van der Waals surface area (Å²) in [5.41, 5.74) is 2.42. The van der Waals surface area contributed by atoms with Crippen LogP contribution in [0, 0.1) is 0 Å². The van der Waals surface area contributed by atoms with E-state index in [-0.39, 0.29) is 29.2 Å². The number of fused-ring (bicyclic) bond motifs is 3.